The number of nitrogen functional groups attached to an aromatic ring is 2. The fourth-order valence-corrected chi connectivity index (χ4v) is 2.41. The molecule has 0 unspecified atom stereocenters. The van der Waals surface area contributed by atoms with Crippen LogP contribution in [0.2, 0.25) is 0 Å². The van der Waals surface area contributed by atoms with Crippen LogP contribution in [0, 0.1) is 0 Å². The molecule has 0 amide bonds. The predicted molar refractivity (Wildman–Crippen MR) is 88.1 cm³/mol. The van der Waals surface area contributed by atoms with E-state index < -0.39 is 0 Å². The van der Waals surface area contributed by atoms with Gasteiger partial charge in [-0.05, 0) is 31.3 Å². The Morgan fingerprint density at radius 3 is 2.09 bits per heavy atom. The van der Waals surface area contributed by atoms with Crippen molar-refractivity contribution in [2.24, 2.45) is 0 Å². The molecular weight excluding hydrogens is 280 g/mol. The molecule has 1 fully saturated rings. The SMILES string of the molecule is CN1CCN(c2ccc(Nc3nc(N)nc(N)n3)cc2)CC1. The molecular formula is C14H20N8. The largest absolute Gasteiger partial charge is 0.369 e. The van der Waals surface area contributed by atoms with Crippen molar-refractivity contribution in [3.05, 3.63) is 24.3 Å². The summed E-state index contributed by atoms with van der Waals surface area (Å²) in [6.07, 6.45) is 0. The molecule has 2 heterocycles. The van der Waals surface area contributed by atoms with Gasteiger partial charge in [0.25, 0.3) is 0 Å². The summed E-state index contributed by atoms with van der Waals surface area (Å²) < 4.78 is 0. The van der Waals surface area contributed by atoms with Crippen molar-refractivity contribution in [3.8, 4) is 0 Å². The van der Waals surface area contributed by atoms with Crippen molar-refractivity contribution < 1.29 is 0 Å². The first-order valence-corrected chi connectivity index (χ1v) is 7.18. The van der Waals surface area contributed by atoms with Crippen molar-refractivity contribution in [2.75, 3.05) is 54.9 Å². The Hall–Kier alpha value is -2.61. The van der Waals surface area contributed by atoms with Crippen LogP contribution in [0.1, 0.15) is 0 Å². The fourth-order valence-electron chi connectivity index (χ4n) is 2.41. The van der Waals surface area contributed by atoms with Crippen molar-refractivity contribution in [3.63, 3.8) is 0 Å². The minimum atomic E-state index is 0.101. The Labute approximate surface area is 129 Å². The summed E-state index contributed by atoms with van der Waals surface area (Å²) in [6, 6.07) is 8.15. The molecule has 22 heavy (non-hydrogen) atoms. The highest BCUT2D eigenvalue weighted by atomic mass is 15.2. The summed E-state index contributed by atoms with van der Waals surface area (Å²) in [4.78, 5) is 16.4. The van der Waals surface area contributed by atoms with Gasteiger partial charge in [-0.3, -0.25) is 0 Å². The van der Waals surface area contributed by atoms with Crippen LogP contribution >= 0.6 is 0 Å². The van der Waals surface area contributed by atoms with E-state index in [2.05, 4.69) is 49.2 Å². The van der Waals surface area contributed by atoms with E-state index in [9.17, 15) is 0 Å². The number of hydrogen-bond donors (Lipinski definition) is 3. The fraction of sp³-hybridized carbons (Fsp3) is 0.357. The van der Waals surface area contributed by atoms with E-state index in [4.69, 9.17) is 11.5 Å². The molecule has 1 aromatic carbocycles. The number of nitrogens with two attached hydrogens (primary N) is 2. The summed E-state index contributed by atoms with van der Waals surface area (Å²) in [5.74, 6) is 0.547. The molecule has 0 atom stereocenters. The predicted octanol–water partition coefficient (Wildman–Crippen LogP) is 0.531. The van der Waals surface area contributed by atoms with Crippen LogP contribution in [-0.2, 0) is 0 Å². The van der Waals surface area contributed by atoms with E-state index in [1.807, 2.05) is 12.1 Å². The Bertz CT molecular complexity index is 614. The van der Waals surface area contributed by atoms with Crippen LogP contribution < -0.4 is 21.7 Å². The lowest BCUT2D eigenvalue weighted by Crippen LogP contribution is -2.44. The number of hydrogen-bond acceptors (Lipinski definition) is 8. The minimum absolute atomic E-state index is 0.101. The molecule has 1 aliphatic rings. The molecule has 5 N–H and O–H groups in total. The highest BCUT2D eigenvalue weighted by molar-refractivity contribution is 5.60. The smallest absolute Gasteiger partial charge is 0.233 e. The minimum Gasteiger partial charge on any atom is -0.369 e. The Balaban J connectivity index is 1.69. The van der Waals surface area contributed by atoms with Crippen LogP contribution in [0.15, 0.2) is 24.3 Å². The summed E-state index contributed by atoms with van der Waals surface area (Å²) in [5.41, 5.74) is 13.2. The molecule has 0 radical (unpaired) electrons. The Kier molecular flexibility index (Phi) is 3.92. The molecule has 8 heteroatoms. The number of nitrogens with zero attached hydrogens (tertiary/aromatic N) is 5. The molecule has 2 aromatic rings. The molecule has 3 rings (SSSR count). The van der Waals surface area contributed by atoms with Gasteiger partial charge in [0.05, 0.1) is 0 Å². The highest BCUT2D eigenvalue weighted by Gasteiger charge is 2.14. The highest BCUT2D eigenvalue weighted by Crippen LogP contribution is 2.21. The first kappa shape index (κ1) is 14.3. The summed E-state index contributed by atoms with van der Waals surface area (Å²) in [5, 5.41) is 3.07. The maximum atomic E-state index is 5.55. The molecule has 1 aromatic heterocycles. The third-order valence-electron chi connectivity index (χ3n) is 3.66. The van der Waals surface area contributed by atoms with Gasteiger partial charge < -0.3 is 26.6 Å². The zero-order valence-corrected chi connectivity index (χ0v) is 12.5. The monoisotopic (exact) mass is 300 g/mol. The van der Waals surface area contributed by atoms with Crippen LogP contribution in [0.4, 0.5) is 29.2 Å². The number of piperazine rings is 1. The topological polar surface area (TPSA) is 109 Å². The van der Waals surface area contributed by atoms with Crippen LogP contribution in [0.3, 0.4) is 0 Å². The number of rotatable bonds is 3. The van der Waals surface area contributed by atoms with Gasteiger partial charge in [-0.1, -0.05) is 0 Å². The molecule has 0 bridgehead atoms. The van der Waals surface area contributed by atoms with Gasteiger partial charge in [-0.2, -0.15) is 15.0 Å². The van der Waals surface area contributed by atoms with Gasteiger partial charge in [0.2, 0.25) is 17.8 Å². The zero-order valence-electron chi connectivity index (χ0n) is 12.5. The molecule has 1 saturated heterocycles. The second kappa shape index (κ2) is 6.02. The van der Waals surface area contributed by atoms with Crippen molar-refractivity contribution in [2.45, 2.75) is 0 Å². The number of likely N-dealkylation sites (N-methyl/N-ethyl adjacent to an activating group) is 1. The van der Waals surface area contributed by atoms with Gasteiger partial charge in [0.1, 0.15) is 0 Å². The van der Waals surface area contributed by atoms with E-state index in [1.54, 1.807) is 0 Å². The third kappa shape index (κ3) is 3.34. The summed E-state index contributed by atoms with van der Waals surface area (Å²) in [6.45, 7) is 4.26. The number of benzene rings is 1. The van der Waals surface area contributed by atoms with Gasteiger partial charge in [-0.25, -0.2) is 0 Å². The summed E-state index contributed by atoms with van der Waals surface area (Å²) in [7, 11) is 2.15. The molecule has 0 aliphatic carbocycles. The lowest BCUT2D eigenvalue weighted by molar-refractivity contribution is 0.313. The van der Waals surface area contributed by atoms with Crippen LogP contribution in [0.5, 0.6) is 0 Å². The van der Waals surface area contributed by atoms with Crippen LogP contribution in [-0.4, -0.2) is 53.1 Å². The molecule has 116 valence electrons. The van der Waals surface area contributed by atoms with E-state index >= 15 is 0 Å². The second-order valence-corrected chi connectivity index (χ2v) is 5.34. The van der Waals surface area contributed by atoms with Gasteiger partial charge in [0.15, 0.2) is 0 Å². The van der Waals surface area contributed by atoms with E-state index in [0.29, 0.717) is 5.95 Å². The number of aromatic nitrogens is 3. The maximum absolute atomic E-state index is 5.55. The van der Waals surface area contributed by atoms with Crippen molar-refractivity contribution >= 4 is 29.2 Å². The standard InChI is InChI=1S/C14H20N8/c1-21-6-8-22(9-7-21)11-4-2-10(3-5-11)17-14-19-12(15)18-13(16)20-14/h2-5H,6-9H2,1H3,(H5,15,16,17,18,19,20). The molecule has 8 nitrogen and oxygen atoms in total. The van der Waals surface area contributed by atoms with Gasteiger partial charge in [0, 0.05) is 37.6 Å². The third-order valence-corrected chi connectivity index (χ3v) is 3.66. The average molecular weight is 300 g/mol. The number of nitrogens with one attached hydrogen (secondary N) is 1. The average Bonchev–Trinajstić information content (AvgIpc) is 2.48. The Morgan fingerprint density at radius 1 is 0.909 bits per heavy atom. The second-order valence-electron chi connectivity index (χ2n) is 5.34. The maximum Gasteiger partial charge on any atom is 0.233 e. The van der Waals surface area contributed by atoms with E-state index in [1.165, 1.54) is 5.69 Å². The molecule has 0 spiro atoms. The zero-order chi connectivity index (χ0) is 15.5. The van der Waals surface area contributed by atoms with Crippen LogP contribution in [0.25, 0.3) is 0 Å². The van der Waals surface area contributed by atoms with Gasteiger partial charge >= 0.3 is 0 Å². The van der Waals surface area contributed by atoms with Crippen molar-refractivity contribution in [1.29, 1.82) is 0 Å². The lowest BCUT2D eigenvalue weighted by Gasteiger charge is -2.34. The summed E-state index contributed by atoms with van der Waals surface area (Å²) >= 11 is 0. The lowest BCUT2D eigenvalue weighted by atomic mass is 10.2. The molecule has 1 aliphatic heterocycles. The van der Waals surface area contributed by atoms with E-state index in [0.717, 1.165) is 31.9 Å². The first-order chi connectivity index (χ1) is 10.6. The quantitative estimate of drug-likeness (QED) is 0.753. The van der Waals surface area contributed by atoms with E-state index in [-0.39, 0.29) is 11.9 Å². The first-order valence-electron chi connectivity index (χ1n) is 7.18. The Morgan fingerprint density at radius 2 is 1.50 bits per heavy atom. The van der Waals surface area contributed by atoms with Crippen molar-refractivity contribution in [1.82, 2.24) is 19.9 Å². The van der Waals surface area contributed by atoms with Gasteiger partial charge in [-0.15, -0.1) is 0 Å². The normalized spacial score (nSPS) is 15.8. The number of anilines is 5. The molecule has 0 saturated carbocycles.